The Balaban J connectivity index is 1.72. The topological polar surface area (TPSA) is 45.2 Å². The Hall–Kier alpha value is -1.88. The van der Waals surface area contributed by atoms with E-state index >= 15 is 0 Å². The van der Waals surface area contributed by atoms with Crippen molar-refractivity contribution in [2.45, 2.75) is 26.7 Å². The van der Waals surface area contributed by atoms with Gasteiger partial charge in [0.15, 0.2) is 5.13 Å². The maximum atomic E-state index is 12.3. The summed E-state index contributed by atoms with van der Waals surface area (Å²) in [6, 6.07) is 6.21. The van der Waals surface area contributed by atoms with Crippen LogP contribution < -0.4 is 5.32 Å². The number of rotatable bonds is 3. The molecule has 2 heterocycles. The molecule has 1 aliphatic rings. The molecule has 4 nitrogen and oxygen atoms in total. The largest absolute Gasteiger partial charge is 0.337 e. The Morgan fingerprint density at radius 2 is 2.00 bits per heavy atom. The molecule has 0 aliphatic carbocycles. The van der Waals surface area contributed by atoms with Gasteiger partial charge in [-0.3, -0.25) is 4.79 Å². The summed E-state index contributed by atoms with van der Waals surface area (Å²) < 4.78 is 0. The molecular weight excluding hydrogens is 282 g/mol. The highest BCUT2D eigenvalue weighted by atomic mass is 32.1. The molecule has 1 fully saturated rings. The predicted octanol–water partition coefficient (Wildman–Crippen LogP) is 3.74. The summed E-state index contributed by atoms with van der Waals surface area (Å²) in [5.41, 5.74) is 4.07. The van der Waals surface area contributed by atoms with Gasteiger partial charge in [0.25, 0.3) is 5.91 Å². The predicted molar refractivity (Wildman–Crippen MR) is 86.5 cm³/mol. The Morgan fingerprint density at radius 3 is 2.71 bits per heavy atom. The minimum atomic E-state index is 0.0527. The van der Waals surface area contributed by atoms with Crippen molar-refractivity contribution in [2.24, 2.45) is 0 Å². The lowest BCUT2D eigenvalue weighted by Crippen LogP contribution is -2.27. The van der Waals surface area contributed by atoms with Crippen LogP contribution in [0.4, 0.5) is 10.8 Å². The lowest BCUT2D eigenvalue weighted by molar-refractivity contribution is 0.0788. The van der Waals surface area contributed by atoms with Crippen molar-refractivity contribution in [3.05, 3.63) is 40.4 Å². The summed E-state index contributed by atoms with van der Waals surface area (Å²) in [7, 11) is 0. The van der Waals surface area contributed by atoms with Crippen LogP contribution in [0.3, 0.4) is 0 Å². The maximum absolute atomic E-state index is 12.3. The van der Waals surface area contributed by atoms with Gasteiger partial charge in [-0.15, -0.1) is 11.3 Å². The van der Waals surface area contributed by atoms with E-state index < -0.39 is 0 Å². The minimum Gasteiger partial charge on any atom is -0.337 e. The minimum absolute atomic E-state index is 0.0527. The van der Waals surface area contributed by atoms with E-state index in [0.717, 1.165) is 36.8 Å². The summed E-state index contributed by atoms with van der Waals surface area (Å²) in [5.74, 6) is 0.0527. The highest BCUT2D eigenvalue weighted by Gasteiger charge is 2.21. The Labute approximate surface area is 128 Å². The molecule has 21 heavy (non-hydrogen) atoms. The van der Waals surface area contributed by atoms with Crippen LogP contribution >= 0.6 is 11.3 Å². The molecule has 0 unspecified atom stereocenters. The summed E-state index contributed by atoms with van der Waals surface area (Å²) >= 11 is 1.47. The molecule has 1 aromatic carbocycles. The van der Waals surface area contributed by atoms with E-state index in [-0.39, 0.29) is 5.91 Å². The first kappa shape index (κ1) is 14.1. The molecule has 0 saturated carbocycles. The molecule has 1 aromatic heterocycles. The van der Waals surface area contributed by atoms with Crippen LogP contribution in [0.5, 0.6) is 0 Å². The fourth-order valence-corrected chi connectivity index (χ4v) is 3.16. The number of anilines is 2. The van der Waals surface area contributed by atoms with E-state index in [1.807, 2.05) is 16.3 Å². The molecule has 3 rings (SSSR count). The first-order chi connectivity index (χ1) is 10.1. The number of hydrogen-bond acceptors (Lipinski definition) is 4. The maximum Gasteiger partial charge on any atom is 0.273 e. The number of carbonyl (C=O) groups excluding carboxylic acids is 1. The second kappa shape index (κ2) is 5.85. The molecule has 0 spiro atoms. The summed E-state index contributed by atoms with van der Waals surface area (Å²) in [5, 5.41) is 5.88. The lowest BCUT2D eigenvalue weighted by atomic mass is 10.1. The highest BCUT2D eigenvalue weighted by Crippen LogP contribution is 2.24. The van der Waals surface area contributed by atoms with Crippen molar-refractivity contribution < 1.29 is 4.79 Å². The molecule has 110 valence electrons. The van der Waals surface area contributed by atoms with Crippen molar-refractivity contribution in [3.63, 3.8) is 0 Å². The van der Waals surface area contributed by atoms with Gasteiger partial charge in [0, 0.05) is 24.2 Å². The van der Waals surface area contributed by atoms with E-state index in [9.17, 15) is 4.79 Å². The molecular formula is C16H19N3OS. The van der Waals surface area contributed by atoms with E-state index in [4.69, 9.17) is 0 Å². The van der Waals surface area contributed by atoms with Crippen molar-refractivity contribution in [1.82, 2.24) is 9.88 Å². The Morgan fingerprint density at radius 1 is 1.24 bits per heavy atom. The number of thiazole rings is 1. The SMILES string of the molecule is Cc1ccc(Nc2nc(C(=O)N3CCCC3)cs2)cc1C. The van der Waals surface area contributed by atoms with Crippen LogP contribution in [0.2, 0.25) is 0 Å². The fraction of sp³-hybridized carbons (Fsp3) is 0.375. The first-order valence-corrected chi connectivity index (χ1v) is 8.10. The van der Waals surface area contributed by atoms with Gasteiger partial charge in [-0.25, -0.2) is 4.98 Å². The molecule has 2 aromatic rings. The van der Waals surface area contributed by atoms with Gasteiger partial charge >= 0.3 is 0 Å². The third kappa shape index (κ3) is 3.08. The zero-order valence-electron chi connectivity index (χ0n) is 12.3. The molecule has 1 aliphatic heterocycles. The summed E-state index contributed by atoms with van der Waals surface area (Å²) in [4.78, 5) is 18.6. The molecule has 1 N–H and O–H groups in total. The number of likely N-dealkylation sites (tertiary alicyclic amines) is 1. The summed E-state index contributed by atoms with van der Waals surface area (Å²) in [6.45, 7) is 5.90. The average Bonchev–Trinajstić information content (AvgIpc) is 3.13. The van der Waals surface area contributed by atoms with Crippen LogP contribution in [-0.4, -0.2) is 28.9 Å². The number of amides is 1. The van der Waals surface area contributed by atoms with Gasteiger partial charge in [-0.05, 0) is 49.9 Å². The number of hydrogen-bond donors (Lipinski definition) is 1. The number of benzene rings is 1. The van der Waals surface area contributed by atoms with Gasteiger partial charge in [0.05, 0.1) is 0 Å². The quantitative estimate of drug-likeness (QED) is 0.939. The van der Waals surface area contributed by atoms with Crippen LogP contribution in [0.1, 0.15) is 34.5 Å². The lowest BCUT2D eigenvalue weighted by Gasteiger charge is -2.12. The second-order valence-electron chi connectivity index (χ2n) is 5.46. The van der Waals surface area contributed by atoms with Gasteiger partial charge < -0.3 is 10.2 Å². The third-order valence-corrected chi connectivity index (χ3v) is 4.63. The standard InChI is InChI=1S/C16H19N3OS/c1-11-5-6-13(9-12(11)2)17-16-18-14(10-21-16)15(20)19-7-3-4-8-19/h5-6,9-10H,3-4,7-8H2,1-2H3,(H,17,18). The molecule has 0 atom stereocenters. The fourth-order valence-electron chi connectivity index (χ4n) is 2.45. The van der Waals surface area contributed by atoms with Crippen LogP contribution in [0.15, 0.2) is 23.6 Å². The van der Waals surface area contributed by atoms with Gasteiger partial charge in [-0.2, -0.15) is 0 Å². The summed E-state index contributed by atoms with van der Waals surface area (Å²) in [6.07, 6.45) is 2.20. The molecule has 1 saturated heterocycles. The molecule has 0 radical (unpaired) electrons. The van der Waals surface area contributed by atoms with Crippen molar-refractivity contribution >= 4 is 28.1 Å². The highest BCUT2D eigenvalue weighted by molar-refractivity contribution is 7.14. The third-order valence-electron chi connectivity index (χ3n) is 3.87. The van der Waals surface area contributed by atoms with Gasteiger partial charge in [0.1, 0.15) is 5.69 Å². The molecule has 5 heteroatoms. The van der Waals surface area contributed by atoms with Crippen LogP contribution in [0, 0.1) is 13.8 Å². The number of aryl methyl sites for hydroxylation is 2. The zero-order valence-corrected chi connectivity index (χ0v) is 13.2. The Bertz CT molecular complexity index is 659. The van der Waals surface area contributed by atoms with Crippen LogP contribution in [0.25, 0.3) is 0 Å². The van der Waals surface area contributed by atoms with Gasteiger partial charge in [0.2, 0.25) is 0 Å². The number of nitrogens with zero attached hydrogens (tertiary/aromatic N) is 2. The van der Waals surface area contributed by atoms with Crippen molar-refractivity contribution in [3.8, 4) is 0 Å². The van der Waals surface area contributed by atoms with Gasteiger partial charge in [-0.1, -0.05) is 6.07 Å². The number of nitrogens with one attached hydrogen (secondary N) is 1. The second-order valence-corrected chi connectivity index (χ2v) is 6.32. The first-order valence-electron chi connectivity index (χ1n) is 7.22. The smallest absolute Gasteiger partial charge is 0.273 e. The molecule has 1 amide bonds. The van der Waals surface area contributed by atoms with E-state index in [1.54, 1.807) is 0 Å². The van der Waals surface area contributed by atoms with E-state index in [2.05, 4.69) is 36.3 Å². The van der Waals surface area contributed by atoms with E-state index in [0.29, 0.717) is 5.69 Å². The normalized spacial score (nSPS) is 14.5. The number of aromatic nitrogens is 1. The Kier molecular flexibility index (Phi) is 3.92. The van der Waals surface area contributed by atoms with Crippen LogP contribution in [-0.2, 0) is 0 Å². The molecule has 0 bridgehead atoms. The van der Waals surface area contributed by atoms with Crippen molar-refractivity contribution in [1.29, 1.82) is 0 Å². The van der Waals surface area contributed by atoms with Crippen molar-refractivity contribution in [2.75, 3.05) is 18.4 Å². The van der Waals surface area contributed by atoms with E-state index in [1.165, 1.54) is 22.5 Å². The monoisotopic (exact) mass is 301 g/mol. The zero-order chi connectivity index (χ0) is 14.8. The number of carbonyl (C=O) groups is 1. The average molecular weight is 301 g/mol.